The van der Waals surface area contributed by atoms with Gasteiger partial charge in [-0.3, -0.25) is 0 Å². The first kappa shape index (κ1) is 30.1. The highest BCUT2D eigenvalue weighted by molar-refractivity contribution is 6.24. The number of aliphatic imine (C=N–C) groups is 1. The van der Waals surface area contributed by atoms with Gasteiger partial charge < -0.3 is 0 Å². The Morgan fingerprint density at radius 3 is 1.44 bits per heavy atom. The Morgan fingerprint density at radius 1 is 0.521 bits per heavy atom. The summed E-state index contributed by atoms with van der Waals surface area (Å²) in [4.78, 5) is 13.7. The summed E-state index contributed by atoms with van der Waals surface area (Å²) in [6.07, 6.45) is -7.22. The van der Waals surface area contributed by atoms with Crippen molar-refractivity contribution in [2.75, 3.05) is 0 Å². The van der Waals surface area contributed by atoms with Crippen molar-refractivity contribution < 1.29 is 26.3 Å². The molecule has 0 spiro atoms. The van der Waals surface area contributed by atoms with Crippen molar-refractivity contribution >= 4 is 11.3 Å². The zero-order chi connectivity index (χ0) is 34.0. The first-order valence-electron chi connectivity index (χ1n) is 14.0. The maximum atomic E-state index is 13.1. The summed E-state index contributed by atoms with van der Waals surface area (Å²) in [6.45, 7) is 0. The molecule has 2 aliphatic carbocycles. The molecule has 0 atom stereocenters. The van der Waals surface area contributed by atoms with E-state index in [0.717, 1.165) is 24.3 Å². The van der Waals surface area contributed by atoms with Gasteiger partial charge in [-0.05, 0) is 64.2 Å². The van der Waals surface area contributed by atoms with Crippen LogP contribution < -0.4 is 0 Å². The zero-order valence-corrected chi connectivity index (χ0v) is 24.0. The molecule has 1 aromatic heterocycles. The molecule has 0 aliphatic heterocycles. The van der Waals surface area contributed by atoms with Crippen LogP contribution in [0, 0.1) is 34.1 Å². The molecule has 4 aromatic carbocycles. The Morgan fingerprint density at radius 2 is 0.958 bits per heavy atom. The van der Waals surface area contributed by atoms with E-state index in [0.29, 0.717) is 55.9 Å². The monoisotopic (exact) mass is 644 g/mol. The molecule has 2 aliphatic rings. The van der Waals surface area contributed by atoms with Crippen molar-refractivity contribution in [3.8, 4) is 63.1 Å². The smallest absolute Gasteiger partial charge is 0.243 e. The third-order valence-electron chi connectivity index (χ3n) is 8.16. The van der Waals surface area contributed by atoms with Gasteiger partial charge in [-0.25, -0.2) is 9.97 Å². The van der Waals surface area contributed by atoms with E-state index in [9.17, 15) is 42.1 Å². The van der Waals surface area contributed by atoms with E-state index in [1.54, 1.807) is 42.6 Å². The molecule has 0 amide bonds. The highest BCUT2D eigenvalue weighted by atomic mass is 19.4. The van der Waals surface area contributed by atoms with Crippen molar-refractivity contribution in [3.05, 3.63) is 124 Å². The summed E-state index contributed by atoms with van der Waals surface area (Å²) in [5, 5.41) is 29.4. The largest absolute Gasteiger partial charge is 0.416 e. The molecule has 1 heterocycles. The summed E-state index contributed by atoms with van der Waals surface area (Å²) in [7, 11) is 0. The van der Waals surface area contributed by atoms with E-state index in [1.807, 2.05) is 12.1 Å². The molecular formula is C36H14F6N6. The molecular weight excluding hydrogens is 630 g/mol. The van der Waals surface area contributed by atoms with Gasteiger partial charge >= 0.3 is 12.4 Å². The molecule has 230 valence electrons. The van der Waals surface area contributed by atoms with Crippen LogP contribution in [0.5, 0.6) is 0 Å². The van der Waals surface area contributed by atoms with Crippen LogP contribution in [0.1, 0.15) is 33.6 Å². The maximum absolute atomic E-state index is 13.1. The summed E-state index contributed by atoms with van der Waals surface area (Å²) in [6, 6.07) is 23.1. The van der Waals surface area contributed by atoms with E-state index >= 15 is 0 Å². The fraction of sp³-hybridized carbons (Fsp3) is 0.0556. The average Bonchev–Trinajstić information content (AvgIpc) is 3.55. The Hall–Kier alpha value is -6.58. The van der Waals surface area contributed by atoms with Crippen molar-refractivity contribution in [2.45, 2.75) is 12.4 Å². The number of aromatic nitrogens is 2. The van der Waals surface area contributed by atoms with E-state index < -0.39 is 23.5 Å². The lowest BCUT2D eigenvalue weighted by Gasteiger charge is -2.09. The highest BCUT2D eigenvalue weighted by Crippen LogP contribution is 2.48. The molecule has 0 unspecified atom stereocenters. The van der Waals surface area contributed by atoms with Crippen LogP contribution >= 0.6 is 0 Å². The molecule has 12 heteroatoms. The molecule has 0 bridgehead atoms. The molecule has 0 fully saturated rings. The summed E-state index contributed by atoms with van der Waals surface area (Å²) >= 11 is 0. The number of rotatable bonds is 2. The van der Waals surface area contributed by atoms with Crippen molar-refractivity contribution in [1.82, 2.24) is 9.97 Å². The normalized spacial score (nSPS) is 13.6. The number of nitriles is 3. The molecule has 0 saturated carbocycles. The number of nitrogens with zero attached hydrogens (tertiary/aromatic N) is 6. The third kappa shape index (κ3) is 4.77. The van der Waals surface area contributed by atoms with Crippen molar-refractivity contribution in [2.24, 2.45) is 4.99 Å². The molecule has 0 N–H and O–H groups in total. The van der Waals surface area contributed by atoms with Gasteiger partial charge in [-0.2, -0.15) is 47.1 Å². The lowest BCUT2D eigenvalue weighted by molar-refractivity contribution is -0.138. The Labute approximate surface area is 267 Å². The van der Waals surface area contributed by atoms with E-state index in [4.69, 9.17) is 9.97 Å². The minimum Gasteiger partial charge on any atom is -0.243 e. The van der Waals surface area contributed by atoms with Crippen LogP contribution in [0.2, 0.25) is 0 Å². The average molecular weight is 645 g/mol. The van der Waals surface area contributed by atoms with Gasteiger partial charge in [0.2, 0.25) is 6.19 Å². The number of halogens is 6. The third-order valence-corrected chi connectivity index (χ3v) is 8.16. The van der Waals surface area contributed by atoms with Crippen LogP contribution in [0.25, 0.3) is 50.3 Å². The van der Waals surface area contributed by atoms with Gasteiger partial charge in [0.05, 0.1) is 22.5 Å². The predicted octanol–water partition coefficient (Wildman–Crippen LogP) is 8.98. The summed E-state index contributed by atoms with van der Waals surface area (Å²) in [5.74, 6) is 0. The first-order valence-corrected chi connectivity index (χ1v) is 14.0. The van der Waals surface area contributed by atoms with Crippen LogP contribution in [0.3, 0.4) is 0 Å². The lowest BCUT2D eigenvalue weighted by Crippen LogP contribution is -2.04. The highest BCUT2D eigenvalue weighted by Gasteiger charge is 2.37. The lowest BCUT2D eigenvalue weighted by atomic mass is 9.96. The number of hydrogen-bond donors (Lipinski definition) is 0. The fourth-order valence-electron chi connectivity index (χ4n) is 5.93. The molecule has 0 saturated heterocycles. The van der Waals surface area contributed by atoms with Gasteiger partial charge in [-0.1, -0.05) is 48.5 Å². The zero-order valence-electron chi connectivity index (χ0n) is 24.0. The predicted molar refractivity (Wildman–Crippen MR) is 162 cm³/mol. The van der Waals surface area contributed by atoms with Crippen LogP contribution in [0.15, 0.2) is 95.5 Å². The van der Waals surface area contributed by atoms with E-state index in [-0.39, 0.29) is 28.2 Å². The van der Waals surface area contributed by atoms with Gasteiger partial charge in [0.25, 0.3) is 0 Å². The van der Waals surface area contributed by atoms with Crippen LogP contribution in [-0.2, 0) is 12.4 Å². The minimum absolute atomic E-state index is 0.188. The molecule has 7 rings (SSSR count). The number of allylic oxidation sites excluding steroid dienone is 1. The van der Waals surface area contributed by atoms with Crippen LogP contribution in [0.4, 0.5) is 26.3 Å². The second kappa shape index (κ2) is 10.8. The van der Waals surface area contributed by atoms with Crippen molar-refractivity contribution in [1.29, 1.82) is 15.8 Å². The second-order valence-electron chi connectivity index (χ2n) is 10.8. The standard InChI is InChI=1S/C36H14F6N6/c37-35(38,39)23-7-1-18(2-8-23)20-5-11-25-27(13-20)29(22(15-43)16-44)33-31(25)48-34-30(46-17-45)28-14-21(6-12-26(28)32(34)47-33)19-3-9-24(10-4-19)36(40,41)42/h1-14H. The minimum atomic E-state index is -4.50. The number of benzene rings is 4. The van der Waals surface area contributed by atoms with Crippen molar-refractivity contribution in [3.63, 3.8) is 0 Å². The molecule has 0 radical (unpaired) electrons. The number of fused-ring (bicyclic) bond motifs is 6. The quantitative estimate of drug-likeness (QED) is 0.106. The molecule has 6 nitrogen and oxygen atoms in total. The SMILES string of the molecule is N#CN=C1c2cc(-c3ccc(C(F)(F)F)cc3)ccc2-c2nc3c(nc21)-c1ccc(-c2ccc(C(F)(F)F)cc2)cc1C3=C(C#N)C#N. The Bertz CT molecular complexity index is 2370. The van der Waals surface area contributed by atoms with Gasteiger partial charge in [-0.15, -0.1) is 0 Å². The topological polar surface area (TPSA) is 110 Å². The summed E-state index contributed by atoms with van der Waals surface area (Å²) in [5.41, 5.74) is 3.64. The van der Waals surface area contributed by atoms with Crippen LogP contribution in [-0.4, -0.2) is 15.7 Å². The second-order valence-corrected chi connectivity index (χ2v) is 10.8. The Balaban J connectivity index is 1.36. The van der Waals surface area contributed by atoms with Gasteiger partial charge in [0.1, 0.15) is 34.8 Å². The Kier molecular flexibility index (Phi) is 6.74. The van der Waals surface area contributed by atoms with Gasteiger partial charge in [0.15, 0.2) is 0 Å². The molecule has 48 heavy (non-hydrogen) atoms. The summed E-state index contributed by atoms with van der Waals surface area (Å²) < 4.78 is 78.8. The maximum Gasteiger partial charge on any atom is 0.416 e. The van der Waals surface area contributed by atoms with E-state index in [1.165, 1.54) is 24.3 Å². The number of alkyl halides is 6. The fourth-order valence-corrected chi connectivity index (χ4v) is 5.93. The molecule has 5 aromatic rings. The first-order chi connectivity index (χ1) is 22.9. The number of hydrogen-bond acceptors (Lipinski definition) is 6. The van der Waals surface area contributed by atoms with E-state index in [2.05, 4.69) is 4.99 Å². The van der Waals surface area contributed by atoms with Gasteiger partial charge in [0, 0.05) is 22.3 Å².